The first-order valence-corrected chi connectivity index (χ1v) is 8.18. The molecule has 0 unspecified atom stereocenters. The monoisotopic (exact) mass is 353 g/mol. The lowest BCUT2D eigenvalue weighted by molar-refractivity contribution is 0.729. The summed E-state index contributed by atoms with van der Waals surface area (Å²) in [7, 11) is 0. The van der Waals surface area contributed by atoms with E-state index in [0.29, 0.717) is 11.1 Å². The van der Waals surface area contributed by atoms with Crippen molar-refractivity contribution < 1.29 is 0 Å². The molecule has 0 N–H and O–H groups in total. The molecular formula is C15H17BrClN3. The molecule has 2 aromatic rings. The summed E-state index contributed by atoms with van der Waals surface area (Å²) in [6, 6.07) is 0. The van der Waals surface area contributed by atoms with E-state index in [4.69, 9.17) is 11.6 Å². The largest absolute Gasteiger partial charge is 0.291 e. The molecule has 0 aliphatic heterocycles. The van der Waals surface area contributed by atoms with Crippen LogP contribution in [0.1, 0.15) is 57.0 Å². The minimum absolute atomic E-state index is 0.329. The first kappa shape index (κ1) is 14.1. The highest BCUT2D eigenvalue weighted by molar-refractivity contribution is 9.10. The predicted molar refractivity (Wildman–Crippen MR) is 86.2 cm³/mol. The van der Waals surface area contributed by atoms with Gasteiger partial charge in [0.1, 0.15) is 15.9 Å². The summed E-state index contributed by atoms with van der Waals surface area (Å²) >= 11 is 9.79. The van der Waals surface area contributed by atoms with Gasteiger partial charge >= 0.3 is 0 Å². The number of hydrogen-bond donors (Lipinski definition) is 0. The molecule has 2 aromatic heterocycles. The third-order valence-electron chi connectivity index (χ3n) is 3.73. The number of halogens is 2. The molecule has 5 heteroatoms. The lowest BCUT2D eigenvalue weighted by Crippen LogP contribution is -2.05. The van der Waals surface area contributed by atoms with Gasteiger partial charge in [-0.25, -0.2) is 9.97 Å². The summed E-state index contributed by atoms with van der Waals surface area (Å²) in [5.41, 5.74) is 3.36. The molecule has 0 bridgehead atoms. The van der Waals surface area contributed by atoms with Gasteiger partial charge in [-0.2, -0.15) is 0 Å². The number of allylic oxidation sites excluding steroid dienone is 2. The van der Waals surface area contributed by atoms with E-state index in [9.17, 15) is 0 Å². The number of nitrogens with zero attached hydrogens (tertiary/aromatic N) is 3. The van der Waals surface area contributed by atoms with E-state index in [-0.39, 0.29) is 0 Å². The zero-order valence-corrected chi connectivity index (χ0v) is 14.0. The first-order valence-electron chi connectivity index (χ1n) is 7.01. The molecule has 106 valence electrons. The average molecular weight is 355 g/mol. The Morgan fingerprint density at radius 1 is 1.35 bits per heavy atom. The molecular weight excluding hydrogens is 338 g/mol. The van der Waals surface area contributed by atoms with E-state index in [1.54, 1.807) is 0 Å². The number of imidazole rings is 1. The van der Waals surface area contributed by atoms with Crippen LogP contribution in [0.3, 0.4) is 0 Å². The standard InChI is InChI=1S/C15H17BrClN3/c1-9(2)15-19-13(16)12-14(17)18-8-11(20(12)15)10-6-4-3-5-7-10/h6,8-9H,3-5,7H2,1-2H3. The van der Waals surface area contributed by atoms with Gasteiger partial charge in [-0.3, -0.25) is 4.40 Å². The third-order valence-corrected chi connectivity index (χ3v) is 4.56. The van der Waals surface area contributed by atoms with Crippen LogP contribution in [0.5, 0.6) is 0 Å². The Labute approximate surface area is 132 Å². The second-order valence-corrected chi connectivity index (χ2v) is 6.62. The molecule has 20 heavy (non-hydrogen) atoms. The summed E-state index contributed by atoms with van der Waals surface area (Å²) in [6.07, 6.45) is 8.97. The third kappa shape index (κ3) is 2.29. The highest BCUT2D eigenvalue weighted by atomic mass is 79.9. The van der Waals surface area contributed by atoms with Crippen molar-refractivity contribution in [2.45, 2.75) is 45.4 Å². The molecule has 0 amide bonds. The van der Waals surface area contributed by atoms with E-state index in [0.717, 1.165) is 34.5 Å². The summed E-state index contributed by atoms with van der Waals surface area (Å²) in [4.78, 5) is 8.98. The highest BCUT2D eigenvalue weighted by Gasteiger charge is 2.20. The number of hydrogen-bond acceptors (Lipinski definition) is 2. The Morgan fingerprint density at radius 3 is 2.80 bits per heavy atom. The smallest absolute Gasteiger partial charge is 0.155 e. The van der Waals surface area contributed by atoms with Crippen molar-refractivity contribution in [2.75, 3.05) is 0 Å². The van der Waals surface area contributed by atoms with Crippen molar-refractivity contribution in [1.82, 2.24) is 14.4 Å². The maximum Gasteiger partial charge on any atom is 0.155 e. The van der Waals surface area contributed by atoms with E-state index in [1.807, 2.05) is 6.20 Å². The number of aromatic nitrogens is 3. The zero-order valence-electron chi connectivity index (χ0n) is 11.7. The normalized spacial score (nSPS) is 15.9. The zero-order chi connectivity index (χ0) is 14.3. The van der Waals surface area contributed by atoms with E-state index in [1.165, 1.54) is 18.4 Å². The van der Waals surface area contributed by atoms with Gasteiger partial charge in [-0.15, -0.1) is 0 Å². The Hall–Kier alpha value is -0.870. The van der Waals surface area contributed by atoms with Gasteiger partial charge in [0.25, 0.3) is 0 Å². The predicted octanol–water partition coefficient (Wildman–Crippen LogP) is 5.23. The molecule has 3 nitrogen and oxygen atoms in total. The van der Waals surface area contributed by atoms with Crippen LogP contribution in [0, 0.1) is 0 Å². The van der Waals surface area contributed by atoms with Crippen molar-refractivity contribution in [2.24, 2.45) is 0 Å². The first-order chi connectivity index (χ1) is 9.59. The van der Waals surface area contributed by atoms with Crippen LogP contribution in [-0.2, 0) is 0 Å². The SMILES string of the molecule is CC(C)c1nc(Br)c2c(Cl)ncc(C3=CCCCC3)n12. The molecule has 0 atom stereocenters. The van der Waals surface area contributed by atoms with Gasteiger partial charge in [0.2, 0.25) is 0 Å². The Bertz CT molecular complexity index is 688. The van der Waals surface area contributed by atoms with Crippen molar-refractivity contribution in [3.63, 3.8) is 0 Å². The Morgan fingerprint density at radius 2 is 2.15 bits per heavy atom. The van der Waals surface area contributed by atoms with Gasteiger partial charge in [0.05, 0.1) is 11.9 Å². The van der Waals surface area contributed by atoms with Crippen molar-refractivity contribution in [1.29, 1.82) is 0 Å². The van der Waals surface area contributed by atoms with Crippen LogP contribution < -0.4 is 0 Å². The van der Waals surface area contributed by atoms with Crippen molar-refractivity contribution >= 4 is 38.6 Å². The van der Waals surface area contributed by atoms with Gasteiger partial charge in [-0.1, -0.05) is 31.5 Å². The molecule has 0 saturated carbocycles. The summed E-state index contributed by atoms with van der Waals surface area (Å²) in [6.45, 7) is 4.29. The average Bonchev–Trinajstić information content (AvgIpc) is 2.79. The molecule has 3 rings (SSSR count). The van der Waals surface area contributed by atoms with Crippen LogP contribution in [0.4, 0.5) is 0 Å². The topological polar surface area (TPSA) is 30.2 Å². The lowest BCUT2D eigenvalue weighted by Gasteiger charge is -2.16. The molecule has 0 aromatic carbocycles. The molecule has 1 aliphatic carbocycles. The summed E-state index contributed by atoms with van der Waals surface area (Å²) in [5, 5.41) is 0.497. The van der Waals surface area contributed by atoms with Crippen molar-refractivity contribution in [3.8, 4) is 0 Å². The quantitative estimate of drug-likeness (QED) is 0.739. The van der Waals surface area contributed by atoms with Crippen LogP contribution in [0.2, 0.25) is 5.15 Å². The van der Waals surface area contributed by atoms with Crippen LogP contribution in [0.15, 0.2) is 16.9 Å². The Kier molecular flexibility index (Phi) is 3.87. The fourth-order valence-electron chi connectivity index (χ4n) is 2.75. The minimum atomic E-state index is 0.329. The van der Waals surface area contributed by atoms with Gasteiger partial charge in [-0.05, 0) is 47.2 Å². The number of fused-ring (bicyclic) bond motifs is 1. The summed E-state index contributed by atoms with van der Waals surface area (Å²) in [5.74, 6) is 1.35. The van der Waals surface area contributed by atoms with E-state index < -0.39 is 0 Å². The fourth-order valence-corrected chi connectivity index (χ4v) is 3.64. The molecule has 0 fully saturated rings. The van der Waals surface area contributed by atoms with Gasteiger partial charge in [0.15, 0.2) is 5.15 Å². The van der Waals surface area contributed by atoms with Gasteiger partial charge < -0.3 is 0 Å². The lowest BCUT2D eigenvalue weighted by atomic mass is 9.97. The van der Waals surface area contributed by atoms with Gasteiger partial charge in [0, 0.05) is 5.92 Å². The second-order valence-electron chi connectivity index (χ2n) is 5.51. The molecule has 0 spiro atoms. The van der Waals surface area contributed by atoms with Crippen molar-refractivity contribution in [3.05, 3.63) is 33.5 Å². The fraction of sp³-hybridized carbons (Fsp3) is 0.467. The van der Waals surface area contributed by atoms with Crippen LogP contribution in [-0.4, -0.2) is 14.4 Å². The maximum atomic E-state index is 6.27. The highest BCUT2D eigenvalue weighted by Crippen LogP contribution is 2.34. The van der Waals surface area contributed by atoms with E-state index in [2.05, 4.69) is 50.2 Å². The van der Waals surface area contributed by atoms with Crippen LogP contribution in [0.25, 0.3) is 11.1 Å². The minimum Gasteiger partial charge on any atom is -0.291 e. The molecule has 1 aliphatic rings. The second kappa shape index (κ2) is 5.49. The number of rotatable bonds is 2. The maximum absolute atomic E-state index is 6.27. The summed E-state index contributed by atoms with van der Waals surface area (Å²) < 4.78 is 2.94. The van der Waals surface area contributed by atoms with E-state index >= 15 is 0 Å². The molecule has 0 radical (unpaired) electrons. The van der Waals surface area contributed by atoms with Crippen LogP contribution >= 0.6 is 27.5 Å². The molecule has 0 saturated heterocycles. The Balaban J connectivity index is 2.32. The molecule has 2 heterocycles.